The quantitative estimate of drug-likeness (QED) is 0.856. The second kappa shape index (κ2) is 5.58. The molecule has 0 saturated heterocycles. The molecular formula is C12H8ClN3S. The molecule has 0 aliphatic rings. The molecule has 0 aliphatic heterocycles. The van der Waals surface area contributed by atoms with E-state index in [-0.39, 0.29) is 0 Å². The van der Waals surface area contributed by atoms with Gasteiger partial charge in [0.25, 0.3) is 0 Å². The molecule has 2 rings (SSSR count). The van der Waals surface area contributed by atoms with Crippen LogP contribution >= 0.6 is 23.5 Å². The van der Waals surface area contributed by atoms with Crippen LogP contribution in [-0.4, -0.2) is 4.98 Å². The van der Waals surface area contributed by atoms with Crippen LogP contribution in [0.2, 0.25) is 5.02 Å². The van der Waals surface area contributed by atoms with Gasteiger partial charge >= 0.3 is 0 Å². The number of nitrogens with zero attached hydrogens (tertiary/aromatic N) is 2. The second-order valence-corrected chi connectivity index (χ2v) is 4.55. The number of rotatable bonds is 3. The smallest absolute Gasteiger partial charge is 0.101 e. The molecule has 0 fully saturated rings. The van der Waals surface area contributed by atoms with Crippen molar-refractivity contribution in [1.82, 2.24) is 4.98 Å². The van der Waals surface area contributed by atoms with E-state index in [1.807, 2.05) is 30.3 Å². The van der Waals surface area contributed by atoms with Gasteiger partial charge in [-0.3, -0.25) is 4.98 Å². The van der Waals surface area contributed by atoms with Crippen LogP contribution in [-0.2, 0) is 0 Å². The van der Waals surface area contributed by atoms with Gasteiger partial charge in [-0.15, -0.1) is 0 Å². The standard InChI is InChI=1S/C12H8ClN3S/c13-10-1-3-12(4-2-10)17-16-11-5-9(6-14)7-15-8-11/h1-5,7-8,16H. The normalized spacial score (nSPS) is 9.65. The monoisotopic (exact) mass is 261 g/mol. The Morgan fingerprint density at radius 2 is 2.00 bits per heavy atom. The van der Waals surface area contributed by atoms with E-state index in [2.05, 4.69) is 9.71 Å². The zero-order chi connectivity index (χ0) is 12.1. The van der Waals surface area contributed by atoms with E-state index in [9.17, 15) is 0 Å². The summed E-state index contributed by atoms with van der Waals surface area (Å²) in [5, 5.41) is 9.45. The average Bonchev–Trinajstić information content (AvgIpc) is 2.38. The Morgan fingerprint density at radius 3 is 2.71 bits per heavy atom. The largest absolute Gasteiger partial charge is 0.324 e. The fourth-order valence-corrected chi connectivity index (χ4v) is 1.92. The summed E-state index contributed by atoms with van der Waals surface area (Å²) in [7, 11) is 0. The molecule has 17 heavy (non-hydrogen) atoms. The lowest BCUT2D eigenvalue weighted by molar-refractivity contribution is 1.30. The van der Waals surface area contributed by atoms with E-state index in [1.54, 1.807) is 12.3 Å². The predicted molar refractivity (Wildman–Crippen MR) is 69.9 cm³/mol. The van der Waals surface area contributed by atoms with Gasteiger partial charge in [0.15, 0.2) is 0 Å². The lowest BCUT2D eigenvalue weighted by Crippen LogP contribution is -1.88. The molecule has 0 bridgehead atoms. The van der Waals surface area contributed by atoms with Crippen LogP contribution in [0.25, 0.3) is 0 Å². The third kappa shape index (κ3) is 3.38. The van der Waals surface area contributed by atoms with Gasteiger partial charge in [0.05, 0.1) is 17.4 Å². The molecule has 84 valence electrons. The van der Waals surface area contributed by atoms with Gasteiger partial charge < -0.3 is 4.72 Å². The molecular weight excluding hydrogens is 254 g/mol. The number of nitrogens with one attached hydrogen (secondary N) is 1. The Labute approximate surface area is 109 Å². The number of halogens is 1. The highest BCUT2D eigenvalue weighted by atomic mass is 35.5. The maximum Gasteiger partial charge on any atom is 0.101 e. The topological polar surface area (TPSA) is 48.7 Å². The highest BCUT2D eigenvalue weighted by Gasteiger charge is 1.97. The number of benzene rings is 1. The van der Waals surface area contributed by atoms with Gasteiger partial charge in [-0.2, -0.15) is 5.26 Å². The Morgan fingerprint density at radius 1 is 1.24 bits per heavy atom. The summed E-state index contributed by atoms with van der Waals surface area (Å²) in [6.07, 6.45) is 3.20. The van der Waals surface area contributed by atoms with Crippen LogP contribution in [0.4, 0.5) is 5.69 Å². The molecule has 2 aromatic rings. The SMILES string of the molecule is N#Cc1cncc(NSc2ccc(Cl)cc2)c1. The molecule has 5 heteroatoms. The number of hydrogen-bond donors (Lipinski definition) is 1. The van der Waals surface area contributed by atoms with Crippen molar-refractivity contribution in [2.24, 2.45) is 0 Å². The number of aromatic nitrogens is 1. The fraction of sp³-hybridized carbons (Fsp3) is 0. The Hall–Kier alpha value is -1.70. The first-order valence-electron chi connectivity index (χ1n) is 4.81. The Balaban J connectivity index is 2.02. The summed E-state index contributed by atoms with van der Waals surface area (Å²) >= 11 is 7.24. The number of hydrogen-bond acceptors (Lipinski definition) is 4. The summed E-state index contributed by atoms with van der Waals surface area (Å²) in [5.74, 6) is 0. The van der Waals surface area contributed by atoms with Crippen molar-refractivity contribution in [3.63, 3.8) is 0 Å². The van der Waals surface area contributed by atoms with Gasteiger partial charge in [-0.05, 0) is 42.3 Å². The first-order valence-corrected chi connectivity index (χ1v) is 6.01. The van der Waals surface area contributed by atoms with Crippen molar-refractivity contribution in [3.05, 3.63) is 53.3 Å². The van der Waals surface area contributed by atoms with Gasteiger partial charge in [0.1, 0.15) is 6.07 Å². The minimum atomic E-state index is 0.534. The lowest BCUT2D eigenvalue weighted by Gasteiger charge is -2.04. The molecule has 0 radical (unpaired) electrons. The van der Waals surface area contributed by atoms with Gasteiger partial charge in [0, 0.05) is 16.1 Å². The molecule has 0 atom stereocenters. The molecule has 0 spiro atoms. The molecule has 3 nitrogen and oxygen atoms in total. The minimum absolute atomic E-state index is 0.534. The van der Waals surface area contributed by atoms with Crippen molar-refractivity contribution in [1.29, 1.82) is 5.26 Å². The fourth-order valence-electron chi connectivity index (χ4n) is 1.18. The van der Waals surface area contributed by atoms with E-state index >= 15 is 0 Å². The van der Waals surface area contributed by atoms with Crippen LogP contribution in [0.1, 0.15) is 5.56 Å². The zero-order valence-electron chi connectivity index (χ0n) is 8.72. The molecule has 0 aliphatic carbocycles. The molecule has 1 heterocycles. The molecule has 0 amide bonds. The minimum Gasteiger partial charge on any atom is -0.324 e. The number of nitriles is 1. The number of anilines is 1. The Kier molecular flexibility index (Phi) is 3.86. The van der Waals surface area contributed by atoms with Crippen molar-refractivity contribution >= 4 is 29.2 Å². The summed E-state index contributed by atoms with van der Waals surface area (Å²) in [4.78, 5) is 5.00. The average molecular weight is 262 g/mol. The molecule has 1 N–H and O–H groups in total. The molecule has 0 unspecified atom stereocenters. The summed E-state index contributed by atoms with van der Waals surface area (Å²) in [5.41, 5.74) is 1.33. The van der Waals surface area contributed by atoms with Gasteiger partial charge in [-0.25, -0.2) is 0 Å². The first-order chi connectivity index (χ1) is 8.28. The molecule has 0 saturated carbocycles. The highest BCUT2D eigenvalue weighted by molar-refractivity contribution is 8.00. The van der Waals surface area contributed by atoms with Gasteiger partial charge in [0.2, 0.25) is 0 Å². The van der Waals surface area contributed by atoms with Crippen molar-refractivity contribution < 1.29 is 0 Å². The Bertz CT molecular complexity index is 548. The van der Waals surface area contributed by atoms with E-state index in [0.29, 0.717) is 10.6 Å². The summed E-state index contributed by atoms with van der Waals surface area (Å²) in [6.45, 7) is 0. The number of pyridine rings is 1. The van der Waals surface area contributed by atoms with Crippen LogP contribution in [0.5, 0.6) is 0 Å². The molecule has 1 aromatic carbocycles. The first kappa shape index (κ1) is 11.8. The van der Waals surface area contributed by atoms with Crippen molar-refractivity contribution in [3.8, 4) is 6.07 Å². The lowest BCUT2D eigenvalue weighted by atomic mass is 10.3. The van der Waals surface area contributed by atoms with Crippen molar-refractivity contribution in [2.75, 3.05) is 4.72 Å². The third-order valence-corrected chi connectivity index (χ3v) is 3.07. The van der Waals surface area contributed by atoms with Crippen LogP contribution < -0.4 is 4.72 Å². The van der Waals surface area contributed by atoms with Gasteiger partial charge in [-0.1, -0.05) is 11.6 Å². The third-order valence-electron chi connectivity index (χ3n) is 1.97. The second-order valence-electron chi connectivity index (χ2n) is 3.23. The van der Waals surface area contributed by atoms with Crippen molar-refractivity contribution in [2.45, 2.75) is 4.90 Å². The maximum absolute atomic E-state index is 8.74. The van der Waals surface area contributed by atoms with Crippen LogP contribution in [0, 0.1) is 11.3 Å². The van der Waals surface area contributed by atoms with Crippen LogP contribution in [0.3, 0.4) is 0 Å². The van der Waals surface area contributed by atoms with E-state index in [0.717, 1.165) is 10.6 Å². The van der Waals surface area contributed by atoms with E-state index in [4.69, 9.17) is 16.9 Å². The summed E-state index contributed by atoms with van der Waals surface area (Å²) < 4.78 is 3.12. The maximum atomic E-state index is 8.74. The van der Waals surface area contributed by atoms with E-state index in [1.165, 1.54) is 18.1 Å². The molecule has 1 aromatic heterocycles. The highest BCUT2D eigenvalue weighted by Crippen LogP contribution is 2.22. The van der Waals surface area contributed by atoms with E-state index < -0.39 is 0 Å². The van der Waals surface area contributed by atoms with Crippen LogP contribution in [0.15, 0.2) is 47.6 Å². The zero-order valence-corrected chi connectivity index (χ0v) is 10.3. The predicted octanol–water partition coefficient (Wildman–Crippen LogP) is 3.73. The summed E-state index contributed by atoms with van der Waals surface area (Å²) in [6, 6.07) is 11.3.